The molecular weight excluding hydrogens is 272 g/mol. The van der Waals surface area contributed by atoms with E-state index in [1.165, 1.54) is 12.3 Å². The van der Waals surface area contributed by atoms with Crippen LogP contribution < -0.4 is 10.5 Å². The Kier molecular flexibility index (Phi) is 4.50. The van der Waals surface area contributed by atoms with Crippen LogP contribution in [0.25, 0.3) is 0 Å². The highest BCUT2D eigenvalue weighted by Crippen LogP contribution is 2.20. The van der Waals surface area contributed by atoms with Crippen molar-refractivity contribution in [3.8, 4) is 11.6 Å². The Morgan fingerprint density at radius 3 is 2.29 bits per heavy atom. The number of amides is 1. The van der Waals surface area contributed by atoms with E-state index in [-0.39, 0.29) is 5.97 Å². The van der Waals surface area contributed by atoms with Crippen molar-refractivity contribution >= 4 is 11.9 Å². The lowest BCUT2D eigenvalue weighted by atomic mass is 10.2. The highest BCUT2D eigenvalue weighted by Gasteiger charge is 2.07. The Balaban J connectivity index is 2.06. The molecule has 0 aliphatic rings. The Labute approximate surface area is 121 Å². The zero-order chi connectivity index (χ0) is 15.2. The summed E-state index contributed by atoms with van der Waals surface area (Å²) in [5.41, 5.74) is 5.87. The van der Waals surface area contributed by atoms with Crippen molar-refractivity contribution in [1.82, 2.24) is 4.98 Å². The number of rotatable bonds is 5. The molecule has 2 rings (SSSR count). The number of nitrogens with zero attached hydrogens (tertiary/aromatic N) is 1. The van der Waals surface area contributed by atoms with Crippen LogP contribution in [-0.2, 0) is 4.74 Å². The third-order valence-electron chi connectivity index (χ3n) is 2.61. The first-order valence-electron chi connectivity index (χ1n) is 6.31. The monoisotopic (exact) mass is 286 g/mol. The molecule has 0 saturated heterocycles. The lowest BCUT2D eigenvalue weighted by Gasteiger charge is -2.06. The van der Waals surface area contributed by atoms with Gasteiger partial charge in [0.05, 0.1) is 17.7 Å². The fourth-order valence-corrected chi connectivity index (χ4v) is 1.58. The molecule has 0 aliphatic carbocycles. The average Bonchev–Trinajstić information content (AvgIpc) is 2.49. The maximum atomic E-state index is 11.5. The zero-order valence-electron chi connectivity index (χ0n) is 11.4. The van der Waals surface area contributed by atoms with Crippen molar-refractivity contribution in [3.05, 3.63) is 53.7 Å². The smallest absolute Gasteiger partial charge is 0.338 e. The molecular formula is C15H14N2O4. The standard InChI is InChI=1S/C15H14N2O4/c1-2-20-15(19)10-3-6-12(7-4-10)21-13-8-5-11(9-17-13)14(16)18/h3-9H,2H2,1H3,(H2,16,18). The van der Waals surface area contributed by atoms with Crippen LogP contribution in [0.3, 0.4) is 0 Å². The second-order valence-electron chi connectivity index (χ2n) is 4.10. The van der Waals surface area contributed by atoms with Gasteiger partial charge in [-0.25, -0.2) is 9.78 Å². The van der Waals surface area contributed by atoms with Crippen LogP contribution in [-0.4, -0.2) is 23.5 Å². The summed E-state index contributed by atoms with van der Waals surface area (Å²) in [5, 5.41) is 0. The van der Waals surface area contributed by atoms with E-state index < -0.39 is 5.91 Å². The minimum atomic E-state index is -0.548. The topological polar surface area (TPSA) is 91.5 Å². The predicted octanol–water partition coefficient (Wildman–Crippen LogP) is 2.15. The molecule has 1 heterocycles. The molecule has 21 heavy (non-hydrogen) atoms. The van der Waals surface area contributed by atoms with Gasteiger partial charge in [0.1, 0.15) is 5.75 Å². The van der Waals surface area contributed by atoms with Gasteiger partial charge < -0.3 is 15.2 Å². The fourth-order valence-electron chi connectivity index (χ4n) is 1.58. The largest absolute Gasteiger partial charge is 0.462 e. The quantitative estimate of drug-likeness (QED) is 0.850. The summed E-state index contributed by atoms with van der Waals surface area (Å²) >= 11 is 0. The van der Waals surface area contributed by atoms with Gasteiger partial charge in [-0.05, 0) is 37.3 Å². The van der Waals surface area contributed by atoms with E-state index in [4.69, 9.17) is 15.2 Å². The molecule has 0 bridgehead atoms. The lowest BCUT2D eigenvalue weighted by Crippen LogP contribution is -2.10. The number of aromatic nitrogens is 1. The van der Waals surface area contributed by atoms with E-state index in [9.17, 15) is 9.59 Å². The molecule has 2 N–H and O–H groups in total. The maximum Gasteiger partial charge on any atom is 0.338 e. The van der Waals surface area contributed by atoms with E-state index in [1.807, 2.05) is 0 Å². The number of hydrogen-bond donors (Lipinski definition) is 1. The number of nitrogens with two attached hydrogens (primary N) is 1. The summed E-state index contributed by atoms with van der Waals surface area (Å²) in [6.07, 6.45) is 1.34. The summed E-state index contributed by atoms with van der Waals surface area (Å²) in [6.45, 7) is 2.07. The summed E-state index contributed by atoms with van der Waals surface area (Å²) in [7, 11) is 0. The second kappa shape index (κ2) is 6.51. The van der Waals surface area contributed by atoms with Gasteiger partial charge in [0, 0.05) is 12.3 Å². The fraction of sp³-hybridized carbons (Fsp3) is 0.133. The number of pyridine rings is 1. The van der Waals surface area contributed by atoms with Gasteiger partial charge >= 0.3 is 5.97 Å². The number of ether oxygens (including phenoxy) is 2. The van der Waals surface area contributed by atoms with Gasteiger partial charge in [-0.1, -0.05) is 0 Å². The molecule has 1 aromatic heterocycles. The van der Waals surface area contributed by atoms with Crippen molar-refractivity contribution < 1.29 is 19.1 Å². The Morgan fingerprint density at radius 1 is 1.10 bits per heavy atom. The molecule has 0 spiro atoms. The molecule has 0 atom stereocenters. The number of benzene rings is 1. The highest BCUT2D eigenvalue weighted by atomic mass is 16.5. The van der Waals surface area contributed by atoms with Crippen molar-refractivity contribution in [2.24, 2.45) is 5.73 Å². The Morgan fingerprint density at radius 2 is 1.76 bits per heavy atom. The van der Waals surface area contributed by atoms with E-state index in [1.54, 1.807) is 37.3 Å². The van der Waals surface area contributed by atoms with Gasteiger partial charge in [0.15, 0.2) is 0 Å². The minimum absolute atomic E-state index is 0.306. The SMILES string of the molecule is CCOC(=O)c1ccc(Oc2ccc(C(N)=O)cn2)cc1. The minimum Gasteiger partial charge on any atom is -0.462 e. The molecule has 0 fully saturated rings. The zero-order valence-corrected chi connectivity index (χ0v) is 11.4. The molecule has 2 aromatic rings. The summed E-state index contributed by atoms with van der Waals surface area (Å²) in [6, 6.07) is 9.54. The number of hydrogen-bond acceptors (Lipinski definition) is 5. The first-order valence-corrected chi connectivity index (χ1v) is 6.31. The van der Waals surface area contributed by atoms with Crippen LogP contribution in [0.1, 0.15) is 27.6 Å². The number of carbonyl (C=O) groups is 2. The predicted molar refractivity (Wildman–Crippen MR) is 75.2 cm³/mol. The van der Waals surface area contributed by atoms with Crippen molar-refractivity contribution in [3.63, 3.8) is 0 Å². The van der Waals surface area contributed by atoms with Crippen LogP contribution in [0.5, 0.6) is 11.6 Å². The van der Waals surface area contributed by atoms with Gasteiger partial charge in [0.2, 0.25) is 11.8 Å². The van der Waals surface area contributed by atoms with Crippen molar-refractivity contribution in [2.75, 3.05) is 6.61 Å². The second-order valence-corrected chi connectivity index (χ2v) is 4.10. The first-order chi connectivity index (χ1) is 10.1. The molecule has 108 valence electrons. The van der Waals surface area contributed by atoms with Crippen LogP contribution in [0.15, 0.2) is 42.6 Å². The third kappa shape index (κ3) is 3.79. The van der Waals surface area contributed by atoms with Crippen LogP contribution in [0.4, 0.5) is 0 Å². The van der Waals surface area contributed by atoms with E-state index >= 15 is 0 Å². The van der Waals surface area contributed by atoms with E-state index in [2.05, 4.69) is 4.98 Å². The Bertz CT molecular complexity index is 636. The maximum absolute atomic E-state index is 11.5. The summed E-state index contributed by atoms with van der Waals surface area (Å²) in [4.78, 5) is 26.4. The van der Waals surface area contributed by atoms with Crippen LogP contribution in [0.2, 0.25) is 0 Å². The first kappa shape index (κ1) is 14.5. The summed E-state index contributed by atoms with van der Waals surface area (Å²) < 4.78 is 10.4. The van der Waals surface area contributed by atoms with Crippen LogP contribution in [0, 0.1) is 0 Å². The van der Waals surface area contributed by atoms with E-state index in [0.717, 1.165) is 0 Å². The van der Waals surface area contributed by atoms with Crippen molar-refractivity contribution in [1.29, 1.82) is 0 Å². The van der Waals surface area contributed by atoms with Crippen molar-refractivity contribution in [2.45, 2.75) is 6.92 Å². The summed E-state index contributed by atoms with van der Waals surface area (Å²) in [5.74, 6) is -0.0907. The number of esters is 1. The molecule has 0 radical (unpaired) electrons. The average molecular weight is 286 g/mol. The van der Waals surface area contributed by atoms with E-state index in [0.29, 0.717) is 29.4 Å². The van der Waals surface area contributed by atoms with Gasteiger partial charge in [-0.15, -0.1) is 0 Å². The van der Waals surface area contributed by atoms with Gasteiger partial charge in [-0.3, -0.25) is 4.79 Å². The molecule has 0 saturated carbocycles. The number of carbonyl (C=O) groups excluding carboxylic acids is 2. The molecule has 1 aromatic carbocycles. The third-order valence-corrected chi connectivity index (χ3v) is 2.61. The number of primary amides is 1. The Hall–Kier alpha value is -2.89. The normalized spacial score (nSPS) is 9.95. The highest BCUT2D eigenvalue weighted by molar-refractivity contribution is 5.92. The molecule has 1 amide bonds. The van der Waals surface area contributed by atoms with Crippen LogP contribution >= 0.6 is 0 Å². The van der Waals surface area contributed by atoms with Gasteiger partial charge in [0.25, 0.3) is 0 Å². The molecule has 6 nitrogen and oxygen atoms in total. The molecule has 6 heteroatoms. The molecule has 0 aliphatic heterocycles. The molecule has 0 unspecified atom stereocenters. The van der Waals surface area contributed by atoms with Gasteiger partial charge in [-0.2, -0.15) is 0 Å². The lowest BCUT2D eigenvalue weighted by molar-refractivity contribution is 0.0526.